The predicted octanol–water partition coefficient (Wildman–Crippen LogP) is 2.28. The molecule has 0 spiro atoms. The molecule has 1 aromatic carbocycles. The minimum atomic E-state index is -0.611. The molecule has 2 aromatic heterocycles. The van der Waals surface area contributed by atoms with E-state index in [9.17, 15) is 14.4 Å². The van der Waals surface area contributed by atoms with E-state index >= 15 is 0 Å². The van der Waals surface area contributed by atoms with Gasteiger partial charge in [0, 0.05) is 25.6 Å². The van der Waals surface area contributed by atoms with Gasteiger partial charge in [-0.1, -0.05) is 32.9 Å². The van der Waals surface area contributed by atoms with Gasteiger partial charge in [-0.3, -0.25) is 18.7 Å². The molecule has 3 rings (SSSR count). The second-order valence-electron chi connectivity index (χ2n) is 9.15. The van der Waals surface area contributed by atoms with Crippen LogP contribution in [0, 0.1) is 0 Å². The van der Waals surface area contributed by atoms with E-state index in [1.54, 1.807) is 11.5 Å². The highest BCUT2D eigenvalue weighted by atomic mass is 16.5. The number of aryl methyl sites for hydroxylation is 1. The van der Waals surface area contributed by atoms with Crippen molar-refractivity contribution < 1.29 is 9.53 Å². The molecule has 0 aliphatic heterocycles. The molecule has 2 unspecified atom stereocenters. The molecule has 0 fully saturated rings. The van der Waals surface area contributed by atoms with Gasteiger partial charge in [-0.15, -0.1) is 0 Å². The van der Waals surface area contributed by atoms with Gasteiger partial charge >= 0.3 is 5.69 Å². The summed E-state index contributed by atoms with van der Waals surface area (Å²) in [6.07, 6.45) is 2.25. The minimum absolute atomic E-state index is 0.0133. The van der Waals surface area contributed by atoms with Crippen molar-refractivity contribution in [1.29, 1.82) is 0 Å². The molecule has 196 valence electrons. The largest absolute Gasteiger partial charge is 0.481 e. The number of imidazole rings is 1. The minimum Gasteiger partial charge on any atom is -0.481 e. The lowest BCUT2D eigenvalue weighted by atomic mass is 10.0. The van der Waals surface area contributed by atoms with Crippen LogP contribution in [0.3, 0.4) is 0 Å². The normalized spacial score (nSPS) is 13.0. The number of benzene rings is 1. The third kappa shape index (κ3) is 6.23. The van der Waals surface area contributed by atoms with Crippen LogP contribution in [-0.2, 0) is 24.3 Å². The van der Waals surface area contributed by atoms with Gasteiger partial charge in [0.15, 0.2) is 11.8 Å². The summed E-state index contributed by atoms with van der Waals surface area (Å²) in [6.45, 7) is 9.61. The highest BCUT2D eigenvalue weighted by molar-refractivity contribution is 5.80. The number of hydrogen-bond acceptors (Lipinski definition) is 6. The van der Waals surface area contributed by atoms with Crippen molar-refractivity contribution in [3.8, 4) is 5.75 Å². The summed E-state index contributed by atoms with van der Waals surface area (Å²) in [5.41, 5.74) is 6.68. The zero-order valence-electron chi connectivity index (χ0n) is 21.7. The Morgan fingerprint density at radius 3 is 2.42 bits per heavy atom. The van der Waals surface area contributed by atoms with Crippen molar-refractivity contribution in [2.75, 3.05) is 13.1 Å². The molecule has 1 amide bonds. The maximum Gasteiger partial charge on any atom is 0.332 e. The van der Waals surface area contributed by atoms with Crippen molar-refractivity contribution in [3.63, 3.8) is 0 Å². The zero-order chi connectivity index (χ0) is 26.2. The molecular weight excluding hydrogens is 460 g/mol. The van der Waals surface area contributed by atoms with Gasteiger partial charge in [-0.05, 0) is 56.8 Å². The molecule has 0 aliphatic rings. The number of rotatable bonds is 13. The molecule has 36 heavy (non-hydrogen) atoms. The van der Waals surface area contributed by atoms with E-state index in [0.717, 1.165) is 18.4 Å². The number of amides is 1. The predicted molar refractivity (Wildman–Crippen MR) is 141 cm³/mol. The lowest BCUT2D eigenvalue weighted by Crippen LogP contribution is -2.40. The quantitative estimate of drug-likeness (QED) is 0.309. The number of nitrogens with two attached hydrogens (primary N) is 1. The maximum atomic E-state index is 13.0. The first kappa shape index (κ1) is 27.2. The van der Waals surface area contributed by atoms with Crippen LogP contribution < -0.4 is 27.0 Å². The van der Waals surface area contributed by atoms with Crippen LogP contribution in [-0.4, -0.2) is 44.2 Å². The van der Waals surface area contributed by atoms with Crippen LogP contribution in [0.4, 0.5) is 0 Å². The summed E-state index contributed by atoms with van der Waals surface area (Å²) in [4.78, 5) is 45.8. The zero-order valence-corrected chi connectivity index (χ0v) is 21.7. The van der Waals surface area contributed by atoms with Gasteiger partial charge in [0.25, 0.3) is 11.5 Å². The Balaban J connectivity index is 1.75. The molecule has 0 aliphatic carbocycles. The summed E-state index contributed by atoms with van der Waals surface area (Å²) in [7, 11) is 0. The molecule has 0 saturated heterocycles. The average Bonchev–Trinajstić information content (AvgIpc) is 3.31. The Morgan fingerprint density at radius 1 is 1.11 bits per heavy atom. The fraction of sp³-hybridized carbons (Fsp3) is 0.538. The van der Waals surface area contributed by atoms with Gasteiger partial charge in [0.2, 0.25) is 0 Å². The van der Waals surface area contributed by atoms with Crippen LogP contribution in [0.1, 0.15) is 64.3 Å². The fourth-order valence-electron chi connectivity index (χ4n) is 4.13. The lowest BCUT2D eigenvalue weighted by molar-refractivity contribution is -0.127. The topological polar surface area (TPSA) is 137 Å². The van der Waals surface area contributed by atoms with Crippen LogP contribution in [0.2, 0.25) is 0 Å². The van der Waals surface area contributed by atoms with E-state index < -0.39 is 6.10 Å². The van der Waals surface area contributed by atoms with Crippen LogP contribution >= 0.6 is 0 Å². The van der Waals surface area contributed by atoms with E-state index in [0.29, 0.717) is 61.8 Å². The Labute approximate surface area is 210 Å². The molecule has 4 N–H and O–H groups in total. The molecule has 3 aromatic rings. The molecule has 2 heterocycles. The van der Waals surface area contributed by atoms with E-state index in [1.807, 2.05) is 45.0 Å². The number of fused-ring (bicyclic) bond motifs is 1. The van der Waals surface area contributed by atoms with Gasteiger partial charge in [0.05, 0.1) is 0 Å². The summed E-state index contributed by atoms with van der Waals surface area (Å²) in [6, 6.07) is 7.59. The Hall–Kier alpha value is -3.40. The van der Waals surface area contributed by atoms with E-state index in [1.165, 1.54) is 4.57 Å². The number of carbonyl (C=O) groups is 1. The number of ether oxygens (including phenoxy) is 1. The molecule has 10 nitrogen and oxygen atoms in total. The number of aromatic amines is 1. The Bertz CT molecular complexity index is 1270. The number of nitrogens with zero attached hydrogens (tertiary/aromatic N) is 3. The van der Waals surface area contributed by atoms with Crippen molar-refractivity contribution >= 4 is 17.1 Å². The SMILES string of the molecule is CCCn1c(=O)c2[nH]c(C(C)Cc3ccc(OC(C)C(=O)NCCCN)cc3)nc2n(CCC)c1=O. The van der Waals surface area contributed by atoms with Crippen molar-refractivity contribution in [2.45, 2.75) is 78.5 Å². The average molecular weight is 499 g/mol. The van der Waals surface area contributed by atoms with Crippen LogP contribution in [0.25, 0.3) is 11.2 Å². The number of nitrogens with one attached hydrogen (secondary N) is 2. The monoisotopic (exact) mass is 498 g/mol. The highest BCUT2D eigenvalue weighted by Crippen LogP contribution is 2.22. The molecule has 0 saturated carbocycles. The van der Waals surface area contributed by atoms with Crippen molar-refractivity contribution in [1.82, 2.24) is 24.4 Å². The second kappa shape index (κ2) is 12.5. The Morgan fingerprint density at radius 2 is 1.78 bits per heavy atom. The molecule has 2 atom stereocenters. The van der Waals surface area contributed by atoms with E-state index in [2.05, 4.69) is 15.3 Å². The maximum absolute atomic E-state index is 13.0. The van der Waals surface area contributed by atoms with Crippen molar-refractivity contribution in [2.24, 2.45) is 5.73 Å². The van der Waals surface area contributed by atoms with E-state index in [-0.39, 0.29) is 23.1 Å². The highest BCUT2D eigenvalue weighted by Gasteiger charge is 2.20. The first-order valence-electron chi connectivity index (χ1n) is 12.8. The first-order valence-corrected chi connectivity index (χ1v) is 12.8. The molecular formula is C26H38N6O4. The smallest absolute Gasteiger partial charge is 0.332 e. The molecule has 10 heteroatoms. The number of hydrogen-bond donors (Lipinski definition) is 3. The summed E-state index contributed by atoms with van der Waals surface area (Å²) < 4.78 is 8.64. The van der Waals surface area contributed by atoms with Gasteiger partial charge < -0.3 is 20.8 Å². The summed E-state index contributed by atoms with van der Waals surface area (Å²) in [5, 5.41) is 2.80. The number of H-pyrrole nitrogens is 1. The third-order valence-electron chi connectivity index (χ3n) is 6.07. The van der Waals surface area contributed by atoms with Crippen LogP contribution in [0.15, 0.2) is 33.9 Å². The number of aromatic nitrogens is 4. The summed E-state index contributed by atoms with van der Waals surface area (Å²) in [5.74, 6) is 1.09. The standard InChI is InChI=1S/C26H38N6O4/c1-5-14-31-23-21(25(34)32(15-6-2)26(31)35)29-22(30-23)17(3)16-19-8-10-20(11-9-19)36-18(4)24(33)28-13-7-12-27/h8-11,17-18H,5-7,12-16,27H2,1-4H3,(H,28,33)(H,29,30). The first-order chi connectivity index (χ1) is 17.3. The fourth-order valence-corrected chi connectivity index (χ4v) is 4.13. The van der Waals surface area contributed by atoms with Gasteiger partial charge in [-0.25, -0.2) is 9.78 Å². The Kier molecular flexibility index (Phi) is 9.46. The van der Waals surface area contributed by atoms with Gasteiger partial charge in [0.1, 0.15) is 17.1 Å². The number of carbonyl (C=O) groups excluding carboxylic acids is 1. The van der Waals surface area contributed by atoms with Gasteiger partial charge in [-0.2, -0.15) is 0 Å². The third-order valence-corrected chi connectivity index (χ3v) is 6.07. The second-order valence-corrected chi connectivity index (χ2v) is 9.15. The van der Waals surface area contributed by atoms with Crippen LogP contribution in [0.5, 0.6) is 5.75 Å². The molecule has 0 bridgehead atoms. The molecule has 0 radical (unpaired) electrons. The van der Waals surface area contributed by atoms with Crippen molar-refractivity contribution in [3.05, 3.63) is 56.5 Å². The lowest BCUT2D eigenvalue weighted by Gasteiger charge is -2.15. The summed E-state index contributed by atoms with van der Waals surface area (Å²) >= 11 is 0. The van der Waals surface area contributed by atoms with E-state index in [4.69, 9.17) is 10.5 Å².